The molecular formula is C24H25N3O5. The lowest BCUT2D eigenvalue weighted by Crippen LogP contribution is -2.44. The van der Waals surface area contributed by atoms with E-state index in [0.717, 1.165) is 33.9 Å². The Balaban J connectivity index is 1.28. The van der Waals surface area contributed by atoms with Gasteiger partial charge in [-0.15, -0.1) is 0 Å². The van der Waals surface area contributed by atoms with Crippen molar-refractivity contribution in [2.24, 2.45) is 0 Å². The predicted molar refractivity (Wildman–Crippen MR) is 117 cm³/mol. The van der Waals surface area contributed by atoms with Crippen LogP contribution in [-0.2, 0) is 16.9 Å². The van der Waals surface area contributed by atoms with Gasteiger partial charge in [-0.3, -0.25) is 9.48 Å². The van der Waals surface area contributed by atoms with Crippen LogP contribution in [-0.4, -0.2) is 42.1 Å². The van der Waals surface area contributed by atoms with Gasteiger partial charge in [0.15, 0.2) is 23.0 Å². The van der Waals surface area contributed by atoms with E-state index in [9.17, 15) is 4.79 Å². The first-order chi connectivity index (χ1) is 15.5. The molecule has 5 rings (SSSR count). The van der Waals surface area contributed by atoms with Crippen molar-refractivity contribution >= 4 is 5.91 Å². The van der Waals surface area contributed by atoms with Crippen LogP contribution in [0.5, 0.6) is 23.0 Å². The van der Waals surface area contributed by atoms with Crippen molar-refractivity contribution in [3.8, 4) is 34.1 Å². The Bertz CT molecular complexity index is 1150. The SMILES string of the molecule is CC(C)(C(=O)NCc1ccc2c(c1)OCCO2)n1cc(-c2ccc3c(c2)OCCO3)cn1. The number of rotatable bonds is 5. The van der Waals surface area contributed by atoms with Crippen LogP contribution in [0.4, 0.5) is 0 Å². The van der Waals surface area contributed by atoms with Gasteiger partial charge in [-0.1, -0.05) is 12.1 Å². The topological polar surface area (TPSA) is 83.8 Å². The normalized spacial score (nSPS) is 14.7. The lowest BCUT2D eigenvalue weighted by Gasteiger charge is -2.24. The summed E-state index contributed by atoms with van der Waals surface area (Å²) in [5.74, 6) is 2.77. The molecule has 32 heavy (non-hydrogen) atoms. The Hall–Kier alpha value is -3.68. The van der Waals surface area contributed by atoms with E-state index in [1.165, 1.54) is 0 Å². The molecule has 0 saturated heterocycles. The van der Waals surface area contributed by atoms with Gasteiger partial charge in [0.05, 0.1) is 6.20 Å². The first-order valence-electron chi connectivity index (χ1n) is 10.6. The number of carbonyl (C=O) groups excluding carboxylic acids is 1. The highest BCUT2D eigenvalue weighted by atomic mass is 16.6. The van der Waals surface area contributed by atoms with E-state index < -0.39 is 5.54 Å². The number of hydrogen-bond donors (Lipinski definition) is 1. The van der Waals surface area contributed by atoms with Gasteiger partial charge in [0.1, 0.15) is 32.0 Å². The molecule has 0 fully saturated rings. The minimum Gasteiger partial charge on any atom is -0.486 e. The molecule has 0 unspecified atom stereocenters. The zero-order valence-electron chi connectivity index (χ0n) is 18.1. The van der Waals surface area contributed by atoms with Crippen molar-refractivity contribution in [2.75, 3.05) is 26.4 Å². The third-order valence-corrected chi connectivity index (χ3v) is 5.65. The molecule has 166 valence electrons. The van der Waals surface area contributed by atoms with E-state index in [2.05, 4.69) is 10.4 Å². The second-order valence-corrected chi connectivity index (χ2v) is 8.25. The predicted octanol–water partition coefficient (Wildman–Crippen LogP) is 3.14. The fourth-order valence-corrected chi connectivity index (χ4v) is 3.70. The number of benzene rings is 2. The van der Waals surface area contributed by atoms with Crippen molar-refractivity contribution in [1.29, 1.82) is 0 Å². The molecule has 0 bridgehead atoms. The third-order valence-electron chi connectivity index (χ3n) is 5.65. The van der Waals surface area contributed by atoms with Crippen molar-refractivity contribution in [3.63, 3.8) is 0 Å². The smallest absolute Gasteiger partial charge is 0.247 e. The van der Waals surface area contributed by atoms with Gasteiger partial charge in [0, 0.05) is 18.3 Å². The number of carbonyl (C=O) groups is 1. The largest absolute Gasteiger partial charge is 0.486 e. The molecule has 2 aromatic carbocycles. The Morgan fingerprint density at radius 3 is 2.25 bits per heavy atom. The number of ether oxygens (including phenoxy) is 4. The number of nitrogens with one attached hydrogen (secondary N) is 1. The van der Waals surface area contributed by atoms with Gasteiger partial charge in [-0.25, -0.2) is 0 Å². The van der Waals surface area contributed by atoms with Crippen molar-refractivity contribution in [3.05, 3.63) is 54.4 Å². The number of hydrogen-bond acceptors (Lipinski definition) is 6. The van der Waals surface area contributed by atoms with Crippen LogP contribution in [0.1, 0.15) is 19.4 Å². The van der Waals surface area contributed by atoms with Gasteiger partial charge >= 0.3 is 0 Å². The number of nitrogens with zero attached hydrogens (tertiary/aromatic N) is 2. The molecule has 1 amide bonds. The average molecular weight is 435 g/mol. The van der Waals surface area contributed by atoms with Crippen LogP contribution < -0.4 is 24.3 Å². The second-order valence-electron chi connectivity index (χ2n) is 8.25. The van der Waals surface area contributed by atoms with E-state index in [-0.39, 0.29) is 5.91 Å². The van der Waals surface area contributed by atoms with E-state index in [1.807, 2.05) is 56.4 Å². The van der Waals surface area contributed by atoms with E-state index in [0.29, 0.717) is 38.7 Å². The quantitative estimate of drug-likeness (QED) is 0.663. The maximum atomic E-state index is 13.0. The van der Waals surface area contributed by atoms with Crippen molar-refractivity contribution < 1.29 is 23.7 Å². The van der Waals surface area contributed by atoms with E-state index in [4.69, 9.17) is 18.9 Å². The molecule has 0 spiro atoms. The highest BCUT2D eigenvalue weighted by molar-refractivity contribution is 5.83. The van der Waals surface area contributed by atoms with Crippen LogP contribution in [0.3, 0.4) is 0 Å². The fraction of sp³-hybridized carbons (Fsp3) is 0.333. The summed E-state index contributed by atoms with van der Waals surface area (Å²) in [6, 6.07) is 11.5. The van der Waals surface area contributed by atoms with Crippen molar-refractivity contribution in [1.82, 2.24) is 15.1 Å². The zero-order chi connectivity index (χ0) is 22.1. The minimum atomic E-state index is -0.875. The van der Waals surface area contributed by atoms with Crippen LogP contribution in [0.2, 0.25) is 0 Å². The summed E-state index contributed by atoms with van der Waals surface area (Å²) >= 11 is 0. The lowest BCUT2D eigenvalue weighted by molar-refractivity contribution is -0.129. The van der Waals surface area contributed by atoms with Crippen molar-refractivity contribution in [2.45, 2.75) is 25.9 Å². The summed E-state index contributed by atoms with van der Waals surface area (Å²) in [4.78, 5) is 13.0. The Labute approximate surface area is 186 Å². The molecule has 8 heteroatoms. The monoisotopic (exact) mass is 435 g/mol. The summed E-state index contributed by atoms with van der Waals surface area (Å²) in [6.45, 7) is 6.23. The molecule has 0 saturated carbocycles. The number of fused-ring (bicyclic) bond motifs is 2. The number of amides is 1. The fourth-order valence-electron chi connectivity index (χ4n) is 3.70. The third kappa shape index (κ3) is 3.84. The summed E-state index contributed by atoms with van der Waals surface area (Å²) in [5.41, 5.74) is 1.92. The summed E-state index contributed by atoms with van der Waals surface area (Å²) in [6.07, 6.45) is 3.62. The molecule has 1 N–H and O–H groups in total. The van der Waals surface area contributed by atoms with Gasteiger partial charge in [0.25, 0.3) is 0 Å². The molecule has 2 aliphatic heterocycles. The van der Waals surface area contributed by atoms with Crippen LogP contribution >= 0.6 is 0 Å². The number of aromatic nitrogens is 2. The zero-order valence-corrected chi connectivity index (χ0v) is 18.1. The Morgan fingerprint density at radius 1 is 0.906 bits per heavy atom. The van der Waals surface area contributed by atoms with Crippen LogP contribution in [0.25, 0.3) is 11.1 Å². The molecule has 0 atom stereocenters. The van der Waals surface area contributed by atoms with Gasteiger partial charge in [0.2, 0.25) is 5.91 Å². The highest BCUT2D eigenvalue weighted by Crippen LogP contribution is 2.35. The molecule has 3 heterocycles. The molecule has 1 aromatic heterocycles. The summed E-state index contributed by atoms with van der Waals surface area (Å²) in [7, 11) is 0. The Morgan fingerprint density at radius 2 is 1.53 bits per heavy atom. The lowest BCUT2D eigenvalue weighted by atomic mass is 10.0. The van der Waals surface area contributed by atoms with E-state index in [1.54, 1.807) is 10.9 Å². The van der Waals surface area contributed by atoms with Gasteiger partial charge in [-0.2, -0.15) is 5.10 Å². The molecule has 2 aliphatic rings. The average Bonchev–Trinajstić information content (AvgIpc) is 3.33. The minimum absolute atomic E-state index is 0.135. The molecule has 0 radical (unpaired) electrons. The van der Waals surface area contributed by atoms with Crippen LogP contribution in [0.15, 0.2) is 48.8 Å². The molecule has 0 aliphatic carbocycles. The van der Waals surface area contributed by atoms with Gasteiger partial charge in [-0.05, 0) is 49.2 Å². The first kappa shape index (κ1) is 20.2. The summed E-state index contributed by atoms with van der Waals surface area (Å²) in [5, 5.41) is 7.46. The van der Waals surface area contributed by atoms with Gasteiger partial charge < -0.3 is 24.3 Å². The second kappa shape index (κ2) is 8.11. The molecule has 3 aromatic rings. The summed E-state index contributed by atoms with van der Waals surface area (Å²) < 4.78 is 24.1. The Kier molecular flexibility index (Phi) is 5.13. The van der Waals surface area contributed by atoms with Crippen LogP contribution in [0, 0.1) is 0 Å². The first-order valence-corrected chi connectivity index (χ1v) is 10.6. The maximum absolute atomic E-state index is 13.0. The van der Waals surface area contributed by atoms with E-state index >= 15 is 0 Å². The maximum Gasteiger partial charge on any atom is 0.247 e. The molecular weight excluding hydrogens is 410 g/mol. The molecule has 8 nitrogen and oxygen atoms in total. The highest BCUT2D eigenvalue weighted by Gasteiger charge is 2.30. The standard InChI is InChI=1S/C24H25N3O5/c1-24(2,23(28)25-13-16-3-5-19-21(11-16)31-9-7-29-19)27-15-18(14-26-27)17-4-6-20-22(12-17)32-10-8-30-20/h3-6,11-12,14-15H,7-10,13H2,1-2H3,(H,25,28).